The highest BCUT2D eigenvalue weighted by molar-refractivity contribution is 5.85. The second-order valence-corrected chi connectivity index (χ2v) is 5.91. The monoisotopic (exact) mass is 310 g/mol. The number of rotatable bonds is 7. The molecule has 0 aliphatic heterocycles. The number of hydrogen-bond acceptors (Lipinski definition) is 2. The molecule has 1 aromatic rings. The third kappa shape index (κ3) is 5.01. The molecule has 2 unspecified atom stereocenters. The summed E-state index contributed by atoms with van der Waals surface area (Å²) in [6.07, 6.45) is 0.994. The van der Waals surface area contributed by atoms with Crippen LogP contribution in [0.5, 0.6) is 0 Å². The lowest BCUT2D eigenvalue weighted by Gasteiger charge is -2.07. The first-order valence-corrected chi connectivity index (χ1v) is 7.71. The van der Waals surface area contributed by atoms with Crippen LogP contribution < -0.4 is 10.6 Å². The SMILES string of the molecule is CCNCCNC(=O)C1CC1c1ccc(C(C)C)cc1.Cl. The first-order chi connectivity index (χ1) is 9.63. The summed E-state index contributed by atoms with van der Waals surface area (Å²) in [4.78, 5) is 12.0. The number of hydrogen-bond donors (Lipinski definition) is 2. The van der Waals surface area contributed by atoms with Crippen molar-refractivity contribution < 1.29 is 4.79 Å². The lowest BCUT2D eigenvalue weighted by molar-refractivity contribution is -0.122. The molecule has 0 aromatic heterocycles. The summed E-state index contributed by atoms with van der Waals surface area (Å²) >= 11 is 0. The van der Waals surface area contributed by atoms with Gasteiger partial charge < -0.3 is 10.6 Å². The lowest BCUT2D eigenvalue weighted by Crippen LogP contribution is -2.32. The molecule has 2 N–H and O–H groups in total. The molecule has 1 aromatic carbocycles. The van der Waals surface area contributed by atoms with Gasteiger partial charge in [0.1, 0.15) is 0 Å². The van der Waals surface area contributed by atoms with Crippen LogP contribution in [0, 0.1) is 5.92 Å². The fourth-order valence-electron chi connectivity index (χ4n) is 2.56. The molecule has 1 amide bonds. The van der Waals surface area contributed by atoms with Gasteiger partial charge in [-0.2, -0.15) is 0 Å². The van der Waals surface area contributed by atoms with Crippen molar-refractivity contribution in [3.8, 4) is 0 Å². The van der Waals surface area contributed by atoms with Gasteiger partial charge in [-0.3, -0.25) is 4.79 Å². The number of carbonyl (C=O) groups excluding carboxylic acids is 1. The molecule has 1 fully saturated rings. The van der Waals surface area contributed by atoms with Crippen molar-refractivity contribution in [1.82, 2.24) is 10.6 Å². The van der Waals surface area contributed by atoms with Crippen LogP contribution >= 0.6 is 12.4 Å². The topological polar surface area (TPSA) is 41.1 Å². The summed E-state index contributed by atoms with van der Waals surface area (Å²) in [5.74, 6) is 1.38. The molecule has 1 aliphatic carbocycles. The van der Waals surface area contributed by atoms with Gasteiger partial charge >= 0.3 is 0 Å². The number of benzene rings is 1. The van der Waals surface area contributed by atoms with Crippen molar-refractivity contribution in [2.24, 2.45) is 5.92 Å². The Morgan fingerprint density at radius 1 is 1.24 bits per heavy atom. The minimum atomic E-state index is 0. The summed E-state index contributed by atoms with van der Waals surface area (Å²) < 4.78 is 0. The first-order valence-electron chi connectivity index (χ1n) is 7.71. The lowest BCUT2D eigenvalue weighted by atomic mass is 10.00. The second kappa shape index (κ2) is 8.40. The molecule has 4 heteroatoms. The van der Waals surface area contributed by atoms with E-state index in [1.54, 1.807) is 0 Å². The Balaban J connectivity index is 0.00000220. The zero-order chi connectivity index (χ0) is 14.5. The van der Waals surface area contributed by atoms with Crippen LogP contribution in [0.2, 0.25) is 0 Å². The standard InChI is InChI=1S/C17H26N2O.ClH/c1-4-18-9-10-19-17(20)16-11-15(16)14-7-5-13(6-8-14)12(2)3;/h5-8,12,15-16,18H,4,9-11H2,1-3H3,(H,19,20);1H. The Kier molecular flexibility index (Phi) is 7.20. The van der Waals surface area contributed by atoms with Gasteiger partial charge in [0.05, 0.1) is 0 Å². The van der Waals surface area contributed by atoms with E-state index in [2.05, 4.69) is 55.7 Å². The number of halogens is 1. The molecule has 0 radical (unpaired) electrons. The smallest absolute Gasteiger partial charge is 0.223 e. The maximum absolute atomic E-state index is 12.0. The molecule has 0 spiro atoms. The summed E-state index contributed by atoms with van der Waals surface area (Å²) in [6, 6.07) is 8.76. The highest BCUT2D eigenvalue weighted by Gasteiger charge is 2.43. The van der Waals surface area contributed by atoms with Gasteiger partial charge in [-0.1, -0.05) is 45.0 Å². The summed E-state index contributed by atoms with van der Waals surface area (Å²) in [5.41, 5.74) is 2.67. The molecule has 21 heavy (non-hydrogen) atoms. The van der Waals surface area contributed by atoms with Crippen molar-refractivity contribution >= 4 is 18.3 Å². The predicted molar refractivity (Wildman–Crippen MR) is 90.2 cm³/mol. The fraction of sp³-hybridized carbons (Fsp3) is 0.588. The molecule has 0 bridgehead atoms. The number of nitrogens with one attached hydrogen (secondary N) is 2. The predicted octanol–water partition coefficient (Wildman–Crippen LogP) is 3.06. The number of likely N-dealkylation sites (N-methyl/N-ethyl adjacent to an activating group) is 1. The zero-order valence-electron chi connectivity index (χ0n) is 13.2. The molecular formula is C17H27ClN2O. The molecule has 2 atom stereocenters. The molecule has 118 valence electrons. The van der Waals surface area contributed by atoms with Crippen molar-refractivity contribution in [3.05, 3.63) is 35.4 Å². The van der Waals surface area contributed by atoms with E-state index in [1.807, 2.05) is 0 Å². The molecule has 0 heterocycles. The minimum absolute atomic E-state index is 0. The largest absolute Gasteiger partial charge is 0.355 e. The van der Waals surface area contributed by atoms with Gasteiger partial charge in [0, 0.05) is 19.0 Å². The Morgan fingerprint density at radius 3 is 2.48 bits per heavy atom. The van der Waals surface area contributed by atoms with Crippen LogP contribution in [-0.2, 0) is 4.79 Å². The van der Waals surface area contributed by atoms with E-state index >= 15 is 0 Å². The van der Waals surface area contributed by atoms with Gasteiger partial charge in [-0.25, -0.2) is 0 Å². The number of carbonyl (C=O) groups is 1. The van der Waals surface area contributed by atoms with E-state index < -0.39 is 0 Å². The van der Waals surface area contributed by atoms with Gasteiger partial charge in [-0.15, -0.1) is 12.4 Å². The van der Waals surface area contributed by atoms with E-state index in [9.17, 15) is 4.79 Å². The van der Waals surface area contributed by atoms with Crippen LogP contribution in [0.1, 0.15) is 50.2 Å². The summed E-state index contributed by atoms with van der Waals surface area (Å²) in [5, 5.41) is 6.22. The van der Waals surface area contributed by atoms with E-state index in [-0.39, 0.29) is 24.2 Å². The molecular weight excluding hydrogens is 284 g/mol. The molecule has 0 saturated heterocycles. The molecule has 2 rings (SSSR count). The van der Waals surface area contributed by atoms with Crippen LogP contribution in [0.15, 0.2) is 24.3 Å². The van der Waals surface area contributed by atoms with Crippen molar-refractivity contribution in [1.29, 1.82) is 0 Å². The van der Waals surface area contributed by atoms with Crippen LogP contribution in [0.4, 0.5) is 0 Å². The summed E-state index contributed by atoms with van der Waals surface area (Å²) in [7, 11) is 0. The first kappa shape index (κ1) is 18.0. The van der Waals surface area contributed by atoms with Crippen LogP contribution in [-0.4, -0.2) is 25.5 Å². The Morgan fingerprint density at radius 2 is 1.90 bits per heavy atom. The van der Waals surface area contributed by atoms with E-state index in [4.69, 9.17) is 0 Å². The normalized spacial score (nSPS) is 20.0. The molecule has 1 saturated carbocycles. The van der Waals surface area contributed by atoms with E-state index in [0.29, 0.717) is 11.8 Å². The average Bonchev–Trinajstić information content (AvgIpc) is 3.24. The van der Waals surface area contributed by atoms with Gasteiger partial charge in [0.15, 0.2) is 0 Å². The molecule has 3 nitrogen and oxygen atoms in total. The van der Waals surface area contributed by atoms with Crippen LogP contribution in [0.3, 0.4) is 0 Å². The second-order valence-electron chi connectivity index (χ2n) is 5.91. The molecule has 1 aliphatic rings. The third-order valence-corrected chi connectivity index (χ3v) is 4.01. The maximum Gasteiger partial charge on any atom is 0.223 e. The van der Waals surface area contributed by atoms with Crippen LogP contribution in [0.25, 0.3) is 0 Å². The van der Waals surface area contributed by atoms with Gasteiger partial charge in [0.25, 0.3) is 0 Å². The fourth-order valence-corrected chi connectivity index (χ4v) is 2.56. The summed E-state index contributed by atoms with van der Waals surface area (Å²) in [6.45, 7) is 8.99. The van der Waals surface area contributed by atoms with Crippen molar-refractivity contribution in [2.75, 3.05) is 19.6 Å². The Labute approximate surface area is 134 Å². The van der Waals surface area contributed by atoms with Crippen molar-refractivity contribution in [3.63, 3.8) is 0 Å². The average molecular weight is 311 g/mol. The quantitative estimate of drug-likeness (QED) is 0.760. The van der Waals surface area contributed by atoms with E-state index in [1.165, 1.54) is 11.1 Å². The van der Waals surface area contributed by atoms with E-state index in [0.717, 1.165) is 26.1 Å². The van der Waals surface area contributed by atoms with Gasteiger partial charge in [-0.05, 0) is 35.9 Å². The third-order valence-electron chi connectivity index (χ3n) is 4.01. The Hall–Kier alpha value is -1.06. The minimum Gasteiger partial charge on any atom is -0.355 e. The van der Waals surface area contributed by atoms with Crippen molar-refractivity contribution in [2.45, 2.75) is 39.0 Å². The number of amides is 1. The zero-order valence-corrected chi connectivity index (χ0v) is 14.0. The Bertz CT molecular complexity index is 445. The maximum atomic E-state index is 12.0. The highest BCUT2D eigenvalue weighted by atomic mass is 35.5. The highest BCUT2D eigenvalue weighted by Crippen LogP contribution is 2.47. The van der Waals surface area contributed by atoms with Gasteiger partial charge in [0.2, 0.25) is 5.91 Å².